The van der Waals surface area contributed by atoms with E-state index < -0.39 is 7.60 Å². The molecule has 2 rings (SSSR count). The zero-order chi connectivity index (χ0) is 13.0. The van der Waals surface area contributed by atoms with Gasteiger partial charge in [-0.15, -0.1) is 0 Å². The minimum Gasteiger partial charge on any atom is -0.324 e. The van der Waals surface area contributed by atoms with Crippen LogP contribution in [0.2, 0.25) is 0 Å². The van der Waals surface area contributed by atoms with Gasteiger partial charge in [-0.05, 0) is 0 Å². The van der Waals surface area contributed by atoms with Crippen molar-refractivity contribution in [1.29, 1.82) is 0 Å². The number of aromatic nitrogens is 4. The lowest BCUT2D eigenvalue weighted by Crippen LogP contribution is -2.38. The van der Waals surface area contributed by atoms with Crippen LogP contribution in [0.15, 0.2) is 37.2 Å². The summed E-state index contributed by atoms with van der Waals surface area (Å²) in [5, 5.41) is 0. The van der Waals surface area contributed by atoms with Gasteiger partial charge >= 0.3 is 7.60 Å². The minimum atomic E-state index is -4.02. The Morgan fingerprint density at radius 2 is 1.94 bits per heavy atom. The molecule has 0 saturated carbocycles. The van der Waals surface area contributed by atoms with E-state index in [9.17, 15) is 4.57 Å². The van der Waals surface area contributed by atoms with Crippen molar-refractivity contribution in [3.8, 4) is 11.4 Å². The fraction of sp³-hybridized carbons (Fsp3) is 0.200. The minimum absolute atomic E-state index is 0.193. The molecule has 2 N–H and O–H groups in total. The first-order chi connectivity index (χ1) is 8.56. The Labute approximate surface area is 103 Å². The Balaban J connectivity index is 2.29. The highest BCUT2D eigenvalue weighted by Gasteiger charge is 2.20. The Morgan fingerprint density at radius 1 is 1.17 bits per heavy atom. The van der Waals surface area contributed by atoms with Gasteiger partial charge in [0.25, 0.3) is 5.69 Å². The molecule has 0 saturated heterocycles. The van der Waals surface area contributed by atoms with Crippen LogP contribution in [-0.4, -0.2) is 30.9 Å². The van der Waals surface area contributed by atoms with Crippen LogP contribution >= 0.6 is 7.60 Å². The quantitative estimate of drug-likeness (QED) is 0.597. The second-order valence-electron chi connectivity index (χ2n) is 3.63. The van der Waals surface area contributed by atoms with Gasteiger partial charge in [0.05, 0.1) is 12.4 Å². The van der Waals surface area contributed by atoms with Crippen LogP contribution in [-0.2, 0) is 11.1 Å². The van der Waals surface area contributed by atoms with E-state index in [0.29, 0.717) is 11.4 Å². The first-order valence-corrected chi connectivity index (χ1v) is 7.00. The van der Waals surface area contributed by atoms with E-state index in [2.05, 4.69) is 15.0 Å². The third-order valence-electron chi connectivity index (χ3n) is 2.30. The molecule has 0 spiro atoms. The van der Waals surface area contributed by atoms with Crippen molar-refractivity contribution in [2.75, 3.05) is 6.16 Å². The fourth-order valence-electron chi connectivity index (χ4n) is 1.46. The lowest BCUT2D eigenvalue weighted by atomic mass is 10.3. The molecule has 8 heteroatoms. The summed E-state index contributed by atoms with van der Waals surface area (Å²) in [4.78, 5) is 29.9. The molecule has 0 fully saturated rings. The summed E-state index contributed by atoms with van der Waals surface area (Å²) in [6, 6.07) is 0. The average molecular weight is 267 g/mol. The number of hydrogen-bond acceptors (Lipinski definition) is 4. The van der Waals surface area contributed by atoms with Gasteiger partial charge in [0.15, 0.2) is 18.4 Å². The molecule has 0 aliphatic heterocycles. The number of hydrogen-bond donors (Lipinski definition) is 2. The number of nitrogens with zero attached hydrogens (tertiary/aromatic N) is 4. The maximum Gasteiger partial charge on any atom is 0.331 e. The van der Waals surface area contributed by atoms with Gasteiger partial charge in [-0.2, -0.15) is 4.57 Å². The molecule has 2 heterocycles. The van der Waals surface area contributed by atoms with Gasteiger partial charge in [0.2, 0.25) is 0 Å². The van der Waals surface area contributed by atoms with E-state index in [1.807, 2.05) is 0 Å². The van der Waals surface area contributed by atoms with E-state index in [4.69, 9.17) is 9.79 Å². The third-order valence-corrected chi connectivity index (χ3v) is 3.08. The fourth-order valence-corrected chi connectivity index (χ4v) is 1.94. The topological polar surface area (TPSA) is 100 Å². The Kier molecular flexibility index (Phi) is 3.76. The third kappa shape index (κ3) is 3.40. The monoisotopic (exact) mass is 267 g/mol. The molecule has 0 aliphatic rings. The number of rotatable bonds is 4. The maximum absolute atomic E-state index is 10.9. The zero-order valence-electron chi connectivity index (χ0n) is 9.42. The largest absolute Gasteiger partial charge is 0.331 e. The van der Waals surface area contributed by atoms with Gasteiger partial charge in [0.1, 0.15) is 12.4 Å². The Morgan fingerprint density at radius 3 is 2.61 bits per heavy atom. The van der Waals surface area contributed by atoms with Crippen LogP contribution in [0.4, 0.5) is 0 Å². The molecule has 94 valence electrons. The lowest BCUT2D eigenvalue weighted by molar-refractivity contribution is -0.682. The molecular formula is C10H12N4O3P+. The summed E-state index contributed by atoms with van der Waals surface area (Å²) < 4.78 is 12.6. The Hall–Kier alpha value is -1.69. The predicted octanol–water partition coefficient (Wildman–Crippen LogP) is 0.00380. The van der Waals surface area contributed by atoms with Gasteiger partial charge in [-0.3, -0.25) is 14.5 Å². The molecule has 0 unspecified atom stereocenters. The highest BCUT2D eigenvalue weighted by molar-refractivity contribution is 7.51. The molecule has 0 radical (unpaired) electrons. The Bertz CT molecular complexity index is 572. The maximum atomic E-state index is 10.9. The van der Waals surface area contributed by atoms with Gasteiger partial charge in [-0.1, -0.05) is 0 Å². The second kappa shape index (κ2) is 5.30. The molecular weight excluding hydrogens is 255 g/mol. The summed E-state index contributed by atoms with van der Waals surface area (Å²) in [6.45, 7) is 0.193. The normalized spacial score (nSPS) is 11.4. The van der Waals surface area contributed by atoms with Crippen molar-refractivity contribution in [2.24, 2.45) is 0 Å². The van der Waals surface area contributed by atoms with Crippen LogP contribution in [0, 0.1) is 0 Å². The van der Waals surface area contributed by atoms with Crippen molar-refractivity contribution >= 4 is 7.60 Å². The van der Waals surface area contributed by atoms with Crippen molar-refractivity contribution < 1.29 is 18.9 Å². The average Bonchev–Trinajstić information content (AvgIpc) is 2.37. The summed E-state index contributed by atoms with van der Waals surface area (Å²) in [5.74, 6) is 0. The molecule has 18 heavy (non-hydrogen) atoms. The standard InChI is InChI=1S/C10H11N4O3P/c15-18(16,17)6-5-14-4-3-12-8-10(14)9-7-11-1-2-13-9/h1-4,7-8H,5-6H2,(H-,15,16,17)/p+1. The van der Waals surface area contributed by atoms with E-state index in [0.717, 1.165) is 0 Å². The van der Waals surface area contributed by atoms with Crippen molar-refractivity contribution in [3.63, 3.8) is 0 Å². The zero-order valence-corrected chi connectivity index (χ0v) is 10.3. The molecule has 0 atom stereocenters. The summed E-state index contributed by atoms with van der Waals surface area (Å²) in [6.07, 6.45) is 9.25. The first kappa shape index (κ1) is 12.8. The summed E-state index contributed by atoms with van der Waals surface area (Å²) in [5.41, 5.74) is 1.27. The second-order valence-corrected chi connectivity index (χ2v) is 5.41. The SMILES string of the molecule is O=P(O)(O)CC[n+]1ccncc1-c1cnccn1. The predicted molar refractivity (Wildman–Crippen MR) is 62.4 cm³/mol. The van der Waals surface area contributed by atoms with Crippen molar-refractivity contribution in [3.05, 3.63) is 37.2 Å². The molecule has 0 aromatic carbocycles. The highest BCUT2D eigenvalue weighted by atomic mass is 31.2. The van der Waals surface area contributed by atoms with Crippen molar-refractivity contribution in [1.82, 2.24) is 15.0 Å². The summed E-state index contributed by atoms with van der Waals surface area (Å²) >= 11 is 0. The van der Waals surface area contributed by atoms with Crippen molar-refractivity contribution in [2.45, 2.75) is 6.54 Å². The first-order valence-electron chi connectivity index (χ1n) is 5.21. The molecule has 2 aromatic heterocycles. The molecule has 0 aliphatic carbocycles. The molecule has 2 aromatic rings. The lowest BCUT2D eigenvalue weighted by Gasteiger charge is -2.03. The molecule has 7 nitrogen and oxygen atoms in total. The van der Waals surface area contributed by atoms with Gasteiger partial charge in [-0.25, -0.2) is 4.98 Å². The van der Waals surface area contributed by atoms with Crippen LogP contribution < -0.4 is 4.57 Å². The summed E-state index contributed by atoms with van der Waals surface area (Å²) in [7, 11) is -4.02. The van der Waals surface area contributed by atoms with E-state index in [1.165, 1.54) is 0 Å². The van der Waals surface area contributed by atoms with Crippen LogP contribution in [0.1, 0.15) is 0 Å². The number of aryl methyl sites for hydroxylation is 1. The highest BCUT2D eigenvalue weighted by Crippen LogP contribution is 2.33. The molecule has 0 amide bonds. The van der Waals surface area contributed by atoms with E-state index in [1.54, 1.807) is 41.7 Å². The van der Waals surface area contributed by atoms with Gasteiger partial charge < -0.3 is 9.79 Å². The van der Waals surface area contributed by atoms with Crippen LogP contribution in [0.5, 0.6) is 0 Å². The smallest absolute Gasteiger partial charge is 0.324 e. The van der Waals surface area contributed by atoms with E-state index >= 15 is 0 Å². The molecule has 0 bridgehead atoms. The van der Waals surface area contributed by atoms with Crippen LogP contribution in [0.25, 0.3) is 11.4 Å². The van der Waals surface area contributed by atoms with E-state index in [-0.39, 0.29) is 12.7 Å². The van der Waals surface area contributed by atoms with Crippen LogP contribution in [0.3, 0.4) is 0 Å². The van der Waals surface area contributed by atoms with Gasteiger partial charge in [0, 0.05) is 12.4 Å².